The molecule has 2 rings (SSSR count). The third kappa shape index (κ3) is 5.18. The number of fused-ring (bicyclic) bond motifs is 2. The number of nitrogens with zero attached hydrogens (tertiary/aromatic N) is 2. The topological polar surface area (TPSA) is 172 Å². The van der Waals surface area contributed by atoms with Crippen LogP contribution in [0.25, 0.3) is 0 Å². The van der Waals surface area contributed by atoms with Crippen molar-refractivity contribution in [3.05, 3.63) is 0 Å². The third-order valence-corrected chi connectivity index (χ3v) is 5.55. The molecule has 0 aromatic heterocycles. The van der Waals surface area contributed by atoms with Crippen LogP contribution >= 0.6 is 0 Å². The van der Waals surface area contributed by atoms with E-state index in [0.29, 0.717) is 31.0 Å². The molecule has 0 aromatic carbocycles. The summed E-state index contributed by atoms with van der Waals surface area (Å²) >= 11 is 0. The molecule has 13 nitrogen and oxygen atoms in total. The highest BCUT2D eigenvalue weighted by Gasteiger charge is 2.44. The molecule has 0 aromatic rings. The highest BCUT2D eigenvalue weighted by atomic mass is 32.3. The second-order valence-corrected chi connectivity index (χ2v) is 8.47. The second kappa shape index (κ2) is 7.63. The standard InChI is InChI=1S/C11H18N4O9S2/c1-22-9(16)4-6-25(18,19)13-10(12)23-26(20,21)24-15-8-3-2-5-14(7-8)11(15)17/h8H,2-7H2,1H3,(H2,12,13)/t8-/m1/s1. The van der Waals surface area contributed by atoms with Crippen molar-refractivity contribution in [1.29, 1.82) is 5.41 Å². The Morgan fingerprint density at radius 1 is 1.35 bits per heavy atom. The summed E-state index contributed by atoms with van der Waals surface area (Å²) < 4.78 is 61.5. The number of hydrogen-bond acceptors (Lipinski definition) is 10. The number of carbonyl (C=O) groups excluding carboxylic acids is 2. The van der Waals surface area contributed by atoms with Crippen molar-refractivity contribution in [1.82, 2.24) is 14.7 Å². The Bertz CT molecular complexity index is 794. The number of methoxy groups -OCH3 is 1. The molecule has 2 aliphatic heterocycles. The van der Waals surface area contributed by atoms with Gasteiger partial charge in [-0.3, -0.25) is 4.79 Å². The van der Waals surface area contributed by atoms with Crippen LogP contribution in [0, 0.1) is 5.41 Å². The van der Waals surface area contributed by atoms with Gasteiger partial charge in [-0.05, 0) is 12.8 Å². The van der Waals surface area contributed by atoms with Crippen molar-refractivity contribution in [2.75, 3.05) is 26.0 Å². The van der Waals surface area contributed by atoms with Crippen LogP contribution in [-0.2, 0) is 38.4 Å². The van der Waals surface area contributed by atoms with Gasteiger partial charge < -0.3 is 13.8 Å². The molecule has 0 aliphatic carbocycles. The molecule has 2 aliphatic rings. The van der Waals surface area contributed by atoms with Crippen LogP contribution in [0.4, 0.5) is 4.79 Å². The highest BCUT2D eigenvalue weighted by molar-refractivity contribution is 7.90. The molecule has 0 spiro atoms. The molecule has 15 heteroatoms. The monoisotopic (exact) mass is 414 g/mol. The van der Waals surface area contributed by atoms with Crippen LogP contribution in [0.3, 0.4) is 0 Å². The van der Waals surface area contributed by atoms with E-state index in [9.17, 15) is 26.4 Å². The van der Waals surface area contributed by atoms with E-state index in [-0.39, 0.29) is 0 Å². The first kappa shape index (κ1) is 20.2. The Hall–Kier alpha value is -2.13. The highest BCUT2D eigenvalue weighted by Crippen LogP contribution is 2.26. The van der Waals surface area contributed by atoms with E-state index in [1.165, 1.54) is 9.62 Å². The largest absolute Gasteiger partial charge is 0.473 e. The Balaban J connectivity index is 1.91. The van der Waals surface area contributed by atoms with Crippen molar-refractivity contribution in [3.63, 3.8) is 0 Å². The number of piperidine rings is 1. The molecular formula is C11H18N4O9S2. The summed E-state index contributed by atoms with van der Waals surface area (Å²) in [7, 11) is -8.06. The number of carbonyl (C=O) groups is 2. The fraction of sp³-hybridized carbons (Fsp3) is 0.727. The normalized spacial score (nSPS) is 20.0. The van der Waals surface area contributed by atoms with E-state index in [0.717, 1.165) is 7.11 Å². The number of amidine groups is 1. The molecule has 1 atom stereocenters. The first-order chi connectivity index (χ1) is 12.0. The first-order valence-corrected chi connectivity index (χ1v) is 10.4. The van der Waals surface area contributed by atoms with Crippen LogP contribution in [-0.4, -0.2) is 76.8 Å². The quantitative estimate of drug-likeness (QED) is 0.285. The van der Waals surface area contributed by atoms with Crippen LogP contribution in [0.2, 0.25) is 0 Å². The van der Waals surface area contributed by atoms with Gasteiger partial charge in [-0.1, -0.05) is 0 Å². The van der Waals surface area contributed by atoms with Gasteiger partial charge in [0, 0.05) is 13.1 Å². The molecule has 0 radical (unpaired) electrons. The number of esters is 1. The zero-order valence-corrected chi connectivity index (χ0v) is 15.3. The van der Waals surface area contributed by atoms with Crippen LogP contribution in [0.5, 0.6) is 0 Å². The van der Waals surface area contributed by atoms with Crippen molar-refractivity contribution < 1.29 is 39.6 Å². The molecule has 2 fully saturated rings. The minimum atomic E-state index is -4.91. The molecule has 2 bridgehead atoms. The lowest BCUT2D eigenvalue weighted by Crippen LogP contribution is -2.39. The molecule has 2 heterocycles. The van der Waals surface area contributed by atoms with Gasteiger partial charge >= 0.3 is 28.4 Å². The zero-order chi connectivity index (χ0) is 19.5. The van der Waals surface area contributed by atoms with E-state index < -0.39 is 56.7 Å². The lowest BCUT2D eigenvalue weighted by molar-refractivity contribution is -0.140. The Labute approximate surface area is 150 Å². The molecular weight excluding hydrogens is 396 g/mol. The smallest absolute Gasteiger partial charge is 0.469 e. The van der Waals surface area contributed by atoms with Gasteiger partial charge in [0.1, 0.15) is 0 Å². The predicted octanol–water partition coefficient (Wildman–Crippen LogP) is -1.50. The molecule has 2 saturated heterocycles. The number of urea groups is 1. The van der Waals surface area contributed by atoms with Crippen LogP contribution in [0.1, 0.15) is 19.3 Å². The fourth-order valence-electron chi connectivity index (χ4n) is 2.45. The maximum absolute atomic E-state index is 12.0. The molecule has 148 valence electrons. The zero-order valence-electron chi connectivity index (χ0n) is 13.7. The van der Waals surface area contributed by atoms with Gasteiger partial charge in [0.2, 0.25) is 10.0 Å². The van der Waals surface area contributed by atoms with E-state index in [4.69, 9.17) is 5.41 Å². The molecule has 2 N–H and O–H groups in total. The number of amides is 2. The lowest BCUT2D eigenvalue weighted by atomic mass is 10.1. The minimum Gasteiger partial charge on any atom is -0.469 e. The summed E-state index contributed by atoms with van der Waals surface area (Å²) in [6, 6.07) is -2.48. The molecule has 2 amide bonds. The summed E-state index contributed by atoms with van der Waals surface area (Å²) in [5.74, 6) is -1.54. The van der Waals surface area contributed by atoms with Gasteiger partial charge in [-0.25, -0.2) is 23.3 Å². The van der Waals surface area contributed by atoms with Gasteiger partial charge in [-0.15, -0.1) is 4.28 Å². The number of rotatable bonds is 7. The number of sulfonamides is 1. The molecule has 0 saturated carbocycles. The molecule has 0 unspecified atom stereocenters. The Morgan fingerprint density at radius 2 is 2.04 bits per heavy atom. The fourth-order valence-corrected chi connectivity index (χ4v) is 4.03. The number of ether oxygens (including phenoxy) is 1. The van der Waals surface area contributed by atoms with Gasteiger partial charge in [-0.2, -0.15) is 13.5 Å². The van der Waals surface area contributed by atoms with E-state index in [1.54, 1.807) is 0 Å². The van der Waals surface area contributed by atoms with Crippen molar-refractivity contribution in [3.8, 4) is 0 Å². The average molecular weight is 414 g/mol. The lowest BCUT2D eigenvalue weighted by Gasteiger charge is -2.21. The van der Waals surface area contributed by atoms with E-state index in [1.807, 2.05) is 0 Å². The SMILES string of the molecule is COC(=O)CCS(=O)(=O)NC(=N)OS(=O)(=O)ON1C(=O)N2CCC[C@@H]1C2. The second-order valence-electron chi connectivity index (χ2n) is 5.49. The summed E-state index contributed by atoms with van der Waals surface area (Å²) in [6.07, 6.45) is 0.727. The summed E-state index contributed by atoms with van der Waals surface area (Å²) in [5.41, 5.74) is 0. The van der Waals surface area contributed by atoms with Crippen molar-refractivity contribution >= 4 is 38.4 Å². The maximum Gasteiger partial charge on any atom is 0.473 e. The van der Waals surface area contributed by atoms with E-state index >= 15 is 0 Å². The Morgan fingerprint density at radius 3 is 2.65 bits per heavy atom. The third-order valence-electron chi connectivity index (χ3n) is 3.59. The van der Waals surface area contributed by atoms with Crippen LogP contribution in [0.15, 0.2) is 0 Å². The van der Waals surface area contributed by atoms with Crippen molar-refractivity contribution in [2.45, 2.75) is 25.3 Å². The van der Waals surface area contributed by atoms with Crippen LogP contribution < -0.4 is 4.72 Å². The minimum absolute atomic E-state index is 0.311. The Kier molecular flexibility index (Phi) is 5.92. The first-order valence-electron chi connectivity index (χ1n) is 7.41. The summed E-state index contributed by atoms with van der Waals surface area (Å²) in [5, 5.41) is 7.94. The van der Waals surface area contributed by atoms with Gasteiger partial charge in [0.25, 0.3) is 0 Å². The van der Waals surface area contributed by atoms with Gasteiger partial charge in [0.05, 0.1) is 25.3 Å². The summed E-state index contributed by atoms with van der Waals surface area (Å²) in [6.45, 7) is 0.790. The average Bonchev–Trinajstić information content (AvgIpc) is 2.74. The van der Waals surface area contributed by atoms with E-state index in [2.05, 4.69) is 13.2 Å². The predicted molar refractivity (Wildman–Crippen MR) is 84.2 cm³/mol. The maximum atomic E-state index is 12.0. The number of hydrogen-bond donors (Lipinski definition) is 2. The van der Waals surface area contributed by atoms with Gasteiger partial charge in [0.15, 0.2) is 0 Å². The molecule has 26 heavy (non-hydrogen) atoms. The summed E-state index contributed by atoms with van der Waals surface area (Å²) in [4.78, 5) is 24.3. The number of nitrogens with one attached hydrogen (secondary N) is 2. The number of hydroxylamine groups is 2. The van der Waals surface area contributed by atoms with Crippen molar-refractivity contribution in [2.24, 2.45) is 0 Å².